The van der Waals surface area contributed by atoms with Crippen molar-refractivity contribution in [2.75, 3.05) is 13.2 Å². The van der Waals surface area contributed by atoms with Crippen LogP contribution in [0.5, 0.6) is 0 Å². The fourth-order valence-corrected chi connectivity index (χ4v) is 3.05. The van der Waals surface area contributed by atoms with E-state index in [-0.39, 0.29) is 6.61 Å². The van der Waals surface area contributed by atoms with E-state index in [1.807, 2.05) is 0 Å². The second kappa shape index (κ2) is 17.6. The molecule has 166 valence electrons. The highest BCUT2D eigenvalue weighted by Crippen LogP contribution is 2.10. The molecule has 0 heterocycles. The molecule has 1 aromatic rings. The number of rotatable bonds is 15. The van der Waals surface area contributed by atoms with Gasteiger partial charge in [0.05, 0.1) is 17.7 Å². The van der Waals surface area contributed by atoms with E-state index in [0.717, 1.165) is 32.1 Å². The molecule has 1 rings (SSSR count). The molecule has 4 heteroatoms. The summed E-state index contributed by atoms with van der Waals surface area (Å²) in [5, 5.41) is 0. The summed E-state index contributed by atoms with van der Waals surface area (Å²) in [6, 6.07) is 6.44. The van der Waals surface area contributed by atoms with Crippen LogP contribution in [-0.4, -0.2) is 25.2 Å². The molecule has 0 amide bonds. The van der Waals surface area contributed by atoms with E-state index in [9.17, 15) is 9.59 Å². The lowest BCUT2D eigenvalue weighted by molar-refractivity contribution is 0.0498. The maximum absolute atomic E-state index is 12.2. The van der Waals surface area contributed by atoms with Gasteiger partial charge in [-0.25, -0.2) is 9.59 Å². The van der Waals surface area contributed by atoms with Crippen molar-refractivity contribution >= 4 is 11.9 Å². The number of hydrogen-bond acceptors (Lipinski definition) is 4. The predicted octanol–water partition coefficient (Wildman–Crippen LogP) is 6.72. The van der Waals surface area contributed by atoms with Crippen molar-refractivity contribution in [2.24, 2.45) is 0 Å². The van der Waals surface area contributed by atoms with Gasteiger partial charge in [0.2, 0.25) is 0 Å². The van der Waals surface area contributed by atoms with Crippen molar-refractivity contribution in [1.82, 2.24) is 0 Å². The first-order valence-corrected chi connectivity index (χ1v) is 11.6. The van der Waals surface area contributed by atoms with Gasteiger partial charge < -0.3 is 9.47 Å². The van der Waals surface area contributed by atoms with Crippen molar-refractivity contribution in [3.8, 4) is 11.8 Å². The normalized spacial score (nSPS) is 10.2. The Morgan fingerprint density at radius 1 is 0.733 bits per heavy atom. The van der Waals surface area contributed by atoms with Crippen LogP contribution >= 0.6 is 0 Å². The third-order valence-electron chi connectivity index (χ3n) is 4.87. The Bertz CT molecular complexity index is 669. The van der Waals surface area contributed by atoms with E-state index in [0.29, 0.717) is 17.7 Å². The first-order chi connectivity index (χ1) is 14.7. The summed E-state index contributed by atoms with van der Waals surface area (Å²) >= 11 is 0. The molecule has 0 aliphatic heterocycles. The molecule has 0 aromatic heterocycles. The van der Waals surface area contributed by atoms with E-state index < -0.39 is 11.9 Å². The average Bonchev–Trinajstić information content (AvgIpc) is 2.77. The van der Waals surface area contributed by atoms with Crippen molar-refractivity contribution in [2.45, 2.75) is 90.9 Å². The van der Waals surface area contributed by atoms with Gasteiger partial charge in [-0.15, -0.1) is 0 Å². The molecule has 0 spiro atoms. The number of carbonyl (C=O) groups is 2. The number of benzene rings is 1. The summed E-state index contributed by atoms with van der Waals surface area (Å²) in [7, 11) is 0. The van der Waals surface area contributed by atoms with Crippen molar-refractivity contribution in [1.29, 1.82) is 0 Å². The summed E-state index contributed by atoms with van der Waals surface area (Å²) < 4.78 is 10.4. The van der Waals surface area contributed by atoms with Crippen molar-refractivity contribution in [3.05, 3.63) is 35.4 Å². The second-order valence-electron chi connectivity index (χ2n) is 7.58. The van der Waals surface area contributed by atoms with Gasteiger partial charge in [-0.05, 0) is 31.0 Å². The van der Waals surface area contributed by atoms with Crippen LogP contribution in [0.2, 0.25) is 0 Å². The zero-order chi connectivity index (χ0) is 21.9. The molecule has 30 heavy (non-hydrogen) atoms. The van der Waals surface area contributed by atoms with Crippen LogP contribution in [0.3, 0.4) is 0 Å². The zero-order valence-electron chi connectivity index (χ0n) is 18.8. The molecule has 0 saturated heterocycles. The van der Waals surface area contributed by atoms with E-state index in [4.69, 9.17) is 9.47 Å². The maximum Gasteiger partial charge on any atom is 0.339 e. The van der Waals surface area contributed by atoms with Crippen LogP contribution in [0.25, 0.3) is 0 Å². The lowest BCUT2D eigenvalue weighted by Crippen LogP contribution is -2.10. The molecule has 0 bridgehead atoms. The van der Waals surface area contributed by atoms with Gasteiger partial charge in [0.15, 0.2) is 6.61 Å². The van der Waals surface area contributed by atoms with Gasteiger partial charge in [-0.1, -0.05) is 89.5 Å². The van der Waals surface area contributed by atoms with E-state index in [1.165, 1.54) is 51.0 Å². The van der Waals surface area contributed by atoms with E-state index in [1.54, 1.807) is 18.2 Å². The molecular formula is C26H38O4. The van der Waals surface area contributed by atoms with Crippen LogP contribution in [0.1, 0.15) is 112 Å². The molecule has 0 aliphatic rings. The largest absolute Gasteiger partial charge is 0.462 e. The van der Waals surface area contributed by atoms with Crippen LogP contribution < -0.4 is 0 Å². The molecule has 0 unspecified atom stereocenters. The van der Waals surface area contributed by atoms with Gasteiger partial charge >= 0.3 is 11.9 Å². The number of unbranched alkanes of at least 4 members (excludes halogenated alkanes) is 10. The van der Waals surface area contributed by atoms with Crippen molar-refractivity contribution in [3.63, 3.8) is 0 Å². The summed E-state index contributed by atoms with van der Waals surface area (Å²) in [5.41, 5.74) is 0.699. The van der Waals surface area contributed by atoms with Crippen LogP contribution in [0.4, 0.5) is 0 Å². The Morgan fingerprint density at radius 2 is 1.30 bits per heavy atom. The minimum Gasteiger partial charge on any atom is -0.462 e. The van der Waals surface area contributed by atoms with Crippen molar-refractivity contribution < 1.29 is 19.1 Å². The summed E-state index contributed by atoms with van der Waals surface area (Å²) in [6.45, 7) is 4.80. The van der Waals surface area contributed by atoms with E-state index >= 15 is 0 Å². The van der Waals surface area contributed by atoms with E-state index in [2.05, 4.69) is 25.7 Å². The quantitative estimate of drug-likeness (QED) is 0.181. The van der Waals surface area contributed by atoms with Gasteiger partial charge in [0.25, 0.3) is 0 Å². The van der Waals surface area contributed by atoms with Crippen LogP contribution in [0.15, 0.2) is 24.3 Å². The molecule has 0 atom stereocenters. The standard InChI is InChI=1S/C26H38O4/c1-3-5-7-8-9-10-11-12-13-14-16-21-30-26(28)24-19-17-18-23(22-24)25(27)29-20-15-6-4-2/h17-19,22H,3-13,15,20-21H2,1-2H3. The zero-order valence-corrected chi connectivity index (χ0v) is 18.8. The Labute approximate surface area is 182 Å². The first-order valence-electron chi connectivity index (χ1n) is 11.6. The Balaban J connectivity index is 2.23. The highest BCUT2D eigenvalue weighted by Gasteiger charge is 2.12. The molecular weight excluding hydrogens is 376 g/mol. The average molecular weight is 415 g/mol. The molecule has 0 aliphatic carbocycles. The van der Waals surface area contributed by atoms with Gasteiger partial charge in [0, 0.05) is 6.42 Å². The molecule has 0 saturated carbocycles. The minimum atomic E-state index is -0.475. The second-order valence-corrected chi connectivity index (χ2v) is 7.58. The highest BCUT2D eigenvalue weighted by molar-refractivity contribution is 5.95. The number of hydrogen-bond donors (Lipinski definition) is 0. The summed E-state index contributed by atoms with van der Waals surface area (Å²) in [4.78, 5) is 24.2. The molecule has 4 nitrogen and oxygen atoms in total. The maximum atomic E-state index is 12.2. The number of ether oxygens (including phenoxy) is 2. The first kappa shape index (κ1) is 25.8. The molecule has 1 aromatic carbocycles. The third kappa shape index (κ3) is 12.3. The van der Waals surface area contributed by atoms with Crippen LogP contribution in [0, 0.1) is 11.8 Å². The topological polar surface area (TPSA) is 52.6 Å². The third-order valence-corrected chi connectivity index (χ3v) is 4.87. The summed E-state index contributed by atoms with van der Waals surface area (Å²) in [6.07, 6.45) is 14.0. The Morgan fingerprint density at radius 3 is 1.97 bits per heavy atom. The number of esters is 2. The predicted molar refractivity (Wildman–Crippen MR) is 122 cm³/mol. The lowest BCUT2D eigenvalue weighted by Gasteiger charge is -2.06. The summed E-state index contributed by atoms with van der Waals surface area (Å²) in [5.74, 6) is 5.08. The number of carbonyl (C=O) groups excluding carboxylic acids is 2. The van der Waals surface area contributed by atoms with Crippen LogP contribution in [-0.2, 0) is 9.47 Å². The smallest absolute Gasteiger partial charge is 0.339 e. The monoisotopic (exact) mass is 414 g/mol. The lowest BCUT2D eigenvalue weighted by atomic mass is 10.1. The Kier molecular flexibility index (Phi) is 15.1. The fourth-order valence-electron chi connectivity index (χ4n) is 3.05. The molecule has 0 N–H and O–H groups in total. The molecule has 0 fully saturated rings. The van der Waals surface area contributed by atoms with Gasteiger partial charge in [0.1, 0.15) is 0 Å². The van der Waals surface area contributed by atoms with Gasteiger partial charge in [-0.3, -0.25) is 0 Å². The van der Waals surface area contributed by atoms with Gasteiger partial charge in [-0.2, -0.15) is 0 Å². The SMILES string of the molecule is CCCCCCCCCCC#CCOC(=O)c1cccc(C(=O)OCCCCC)c1. The highest BCUT2D eigenvalue weighted by atomic mass is 16.5. The molecule has 0 radical (unpaired) electrons. The fraction of sp³-hybridized carbons (Fsp3) is 0.615. The minimum absolute atomic E-state index is 0.0710. The Hall–Kier alpha value is -2.28.